The van der Waals surface area contributed by atoms with Crippen molar-refractivity contribution in [1.82, 2.24) is 15.0 Å². The predicted octanol–water partition coefficient (Wildman–Crippen LogP) is 6.33. The lowest BCUT2D eigenvalue weighted by Crippen LogP contribution is -2.46. The van der Waals surface area contributed by atoms with Crippen LogP contribution in [0.25, 0.3) is 22.6 Å². The number of amides is 2. The summed E-state index contributed by atoms with van der Waals surface area (Å²) in [7, 11) is 0. The van der Waals surface area contributed by atoms with Crippen molar-refractivity contribution in [2.24, 2.45) is 5.92 Å². The predicted molar refractivity (Wildman–Crippen MR) is 138 cm³/mol. The van der Waals surface area contributed by atoms with Gasteiger partial charge in [-0.3, -0.25) is 10.2 Å². The Morgan fingerprint density at radius 1 is 1.23 bits per heavy atom. The molecule has 0 saturated carbocycles. The topological polar surface area (TPSA) is 96.2 Å². The number of oxazole rings is 1. The highest BCUT2D eigenvalue weighted by Crippen LogP contribution is 2.35. The summed E-state index contributed by atoms with van der Waals surface area (Å²) in [5.74, 6) is 1.81. The molecular weight excluding hydrogens is 464 g/mol. The van der Waals surface area contributed by atoms with Gasteiger partial charge < -0.3 is 9.73 Å². The molecule has 4 heterocycles. The number of hydrogen-bond acceptors (Lipinski definition) is 6. The van der Waals surface area contributed by atoms with Gasteiger partial charge in [-0.2, -0.15) is 0 Å². The number of aromatic nitrogens is 3. The zero-order chi connectivity index (χ0) is 24.4. The minimum Gasteiger partial charge on any atom is -0.444 e. The van der Waals surface area contributed by atoms with Crippen LogP contribution in [0, 0.1) is 5.92 Å². The van der Waals surface area contributed by atoms with Gasteiger partial charge in [-0.1, -0.05) is 30.7 Å². The first-order valence-electron chi connectivity index (χ1n) is 11.5. The van der Waals surface area contributed by atoms with Crippen molar-refractivity contribution >= 4 is 35.0 Å². The van der Waals surface area contributed by atoms with Gasteiger partial charge in [0.1, 0.15) is 5.82 Å². The fourth-order valence-electron chi connectivity index (χ4n) is 4.34. The number of nitrogens with zero attached hydrogens (tertiary/aromatic N) is 4. The summed E-state index contributed by atoms with van der Waals surface area (Å²) in [5, 5.41) is 7.06. The van der Waals surface area contributed by atoms with Crippen LogP contribution in [0.5, 0.6) is 0 Å². The highest BCUT2D eigenvalue weighted by atomic mass is 35.5. The van der Waals surface area contributed by atoms with E-state index in [4.69, 9.17) is 21.0 Å². The maximum absolute atomic E-state index is 13.7. The maximum Gasteiger partial charge on any atom is 0.328 e. The van der Waals surface area contributed by atoms with Crippen molar-refractivity contribution in [2.45, 2.75) is 26.3 Å². The fourth-order valence-corrected chi connectivity index (χ4v) is 4.53. The van der Waals surface area contributed by atoms with Crippen LogP contribution in [0.2, 0.25) is 5.02 Å². The molecule has 0 radical (unpaired) electrons. The number of urea groups is 1. The first kappa shape index (κ1) is 22.9. The summed E-state index contributed by atoms with van der Waals surface area (Å²) < 4.78 is 5.38. The largest absolute Gasteiger partial charge is 0.444 e. The minimum atomic E-state index is -0.307. The van der Waals surface area contributed by atoms with E-state index in [0.717, 1.165) is 35.5 Å². The Labute approximate surface area is 208 Å². The number of benzene rings is 1. The Morgan fingerprint density at radius 2 is 2.11 bits per heavy atom. The van der Waals surface area contributed by atoms with Crippen LogP contribution < -0.4 is 15.5 Å². The van der Waals surface area contributed by atoms with Crippen molar-refractivity contribution < 1.29 is 9.21 Å². The van der Waals surface area contributed by atoms with E-state index < -0.39 is 0 Å². The molecule has 1 aromatic carbocycles. The molecule has 0 spiro atoms. The molecule has 0 bridgehead atoms. The average molecular weight is 489 g/mol. The number of carbonyl (C=O) groups excluding carboxylic acids is 1. The van der Waals surface area contributed by atoms with E-state index >= 15 is 0 Å². The van der Waals surface area contributed by atoms with Gasteiger partial charge in [0, 0.05) is 34.9 Å². The highest BCUT2D eigenvalue weighted by Gasteiger charge is 2.33. The van der Waals surface area contributed by atoms with Gasteiger partial charge in [-0.25, -0.2) is 19.7 Å². The van der Waals surface area contributed by atoms with Gasteiger partial charge in [-0.15, -0.1) is 0 Å². The van der Waals surface area contributed by atoms with E-state index in [0.29, 0.717) is 22.4 Å². The molecule has 2 amide bonds. The Balaban J connectivity index is 1.52. The molecule has 2 N–H and O–H groups in total. The monoisotopic (exact) mass is 488 g/mol. The van der Waals surface area contributed by atoms with E-state index in [1.165, 1.54) is 6.39 Å². The van der Waals surface area contributed by atoms with Gasteiger partial charge in [0.15, 0.2) is 18.0 Å². The quantitative estimate of drug-likeness (QED) is 0.348. The smallest absolute Gasteiger partial charge is 0.328 e. The van der Waals surface area contributed by atoms with E-state index in [1.807, 2.05) is 36.4 Å². The molecule has 3 aromatic heterocycles. The van der Waals surface area contributed by atoms with Crippen molar-refractivity contribution in [3.63, 3.8) is 0 Å². The van der Waals surface area contributed by atoms with E-state index in [9.17, 15) is 4.79 Å². The molecule has 1 aliphatic heterocycles. The molecular formula is C26H25ClN6O2. The highest BCUT2D eigenvalue weighted by molar-refractivity contribution is 6.30. The SMILES string of the molecule is CC[C@@H]1CNc2ccc(-c3cccc(Cl)c3)nc2N(C(=O)Nc2cc(-c3cnco3)ccn2)[C@@H]1C. The lowest BCUT2D eigenvalue weighted by molar-refractivity contribution is 0.252. The Hall–Kier alpha value is -3.91. The summed E-state index contributed by atoms with van der Waals surface area (Å²) in [5.41, 5.74) is 3.19. The van der Waals surface area contributed by atoms with Gasteiger partial charge in [0.25, 0.3) is 0 Å². The summed E-state index contributed by atoms with van der Waals surface area (Å²) in [4.78, 5) is 28.6. The van der Waals surface area contributed by atoms with E-state index in [2.05, 4.69) is 34.4 Å². The molecule has 9 heteroatoms. The van der Waals surface area contributed by atoms with Gasteiger partial charge in [0.2, 0.25) is 0 Å². The zero-order valence-corrected chi connectivity index (χ0v) is 20.2. The summed E-state index contributed by atoms with van der Waals surface area (Å²) in [6.45, 7) is 4.92. The molecule has 8 nitrogen and oxygen atoms in total. The number of pyridine rings is 2. The van der Waals surface area contributed by atoms with Gasteiger partial charge in [0.05, 0.1) is 17.6 Å². The molecule has 0 saturated heterocycles. The molecule has 2 atom stereocenters. The van der Waals surface area contributed by atoms with E-state index in [-0.39, 0.29) is 18.0 Å². The normalized spacial score (nSPS) is 17.3. The second-order valence-corrected chi connectivity index (χ2v) is 8.90. The lowest BCUT2D eigenvalue weighted by atomic mass is 9.97. The van der Waals surface area contributed by atoms with Gasteiger partial charge >= 0.3 is 6.03 Å². The number of fused-ring (bicyclic) bond motifs is 1. The number of carbonyl (C=O) groups is 1. The Morgan fingerprint density at radius 3 is 2.89 bits per heavy atom. The van der Waals surface area contributed by atoms with Crippen molar-refractivity contribution in [3.05, 3.63) is 72.3 Å². The minimum absolute atomic E-state index is 0.103. The van der Waals surface area contributed by atoms with Crippen molar-refractivity contribution in [1.29, 1.82) is 0 Å². The molecule has 5 rings (SSSR count). The zero-order valence-electron chi connectivity index (χ0n) is 19.4. The van der Waals surface area contributed by atoms with E-state index in [1.54, 1.807) is 29.4 Å². The third-order valence-corrected chi connectivity index (χ3v) is 6.56. The lowest BCUT2D eigenvalue weighted by Gasteiger charge is -2.31. The molecule has 1 aliphatic rings. The second-order valence-electron chi connectivity index (χ2n) is 8.46. The molecule has 0 fully saturated rings. The summed E-state index contributed by atoms with van der Waals surface area (Å²) in [6, 6.07) is 14.6. The molecule has 178 valence electrons. The Bertz CT molecular complexity index is 1340. The number of anilines is 3. The van der Waals surface area contributed by atoms with Crippen LogP contribution in [0.3, 0.4) is 0 Å². The third kappa shape index (κ3) is 4.70. The molecule has 0 unspecified atom stereocenters. The summed E-state index contributed by atoms with van der Waals surface area (Å²) >= 11 is 6.21. The second kappa shape index (κ2) is 9.76. The number of hydrogen-bond donors (Lipinski definition) is 2. The maximum atomic E-state index is 13.7. The van der Waals surface area contributed by atoms with Crippen LogP contribution in [-0.2, 0) is 0 Å². The third-order valence-electron chi connectivity index (χ3n) is 6.32. The average Bonchev–Trinajstić information content (AvgIpc) is 3.36. The van der Waals surface area contributed by atoms with Gasteiger partial charge in [-0.05, 0) is 55.7 Å². The van der Waals surface area contributed by atoms with Crippen LogP contribution in [0.4, 0.5) is 22.1 Å². The first-order valence-corrected chi connectivity index (χ1v) is 11.9. The number of rotatable bonds is 4. The Kier molecular flexibility index (Phi) is 6.37. The standard InChI is InChI=1S/C26H25ClN6O2/c1-3-17-13-30-22-8-7-21(18-5-4-6-20(27)11-18)31-25(22)33(16(17)2)26(34)32-24-12-19(9-10-29-24)23-14-28-15-35-23/h4-12,14-17,30H,3,13H2,1-2H3,(H,29,32,34)/t16-,17-/m1/s1. The number of nitrogens with one attached hydrogen (secondary N) is 2. The molecule has 4 aromatic rings. The number of halogens is 1. The van der Waals surface area contributed by atoms with Crippen LogP contribution in [0.15, 0.2) is 71.7 Å². The summed E-state index contributed by atoms with van der Waals surface area (Å²) in [6.07, 6.45) is 5.52. The molecule has 35 heavy (non-hydrogen) atoms. The van der Waals surface area contributed by atoms with Crippen LogP contribution in [-0.4, -0.2) is 33.6 Å². The molecule has 0 aliphatic carbocycles. The van der Waals surface area contributed by atoms with Crippen molar-refractivity contribution in [2.75, 3.05) is 22.1 Å². The van der Waals surface area contributed by atoms with Crippen LogP contribution >= 0.6 is 11.6 Å². The van der Waals surface area contributed by atoms with Crippen LogP contribution in [0.1, 0.15) is 20.3 Å². The van der Waals surface area contributed by atoms with Crippen molar-refractivity contribution in [3.8, 4) is 22.6 Å². The fraction of sp³-hybridized carbons (Fsp3) is 0.231. The first-order chi connectivity index (χ1) is 17.0.